The van der Waals surface area contributed by atoms with Crippen LogP contribution < -0.4 is 4.90 Å². The molecular weight excluding hydrogens is 299 g/mol. The Morgan fingerprint density at radius 1 is 1.24 bits per heavy atom. The number of methoxy groups -OCH3 is 1. The van der Waals surface area contributed by atoms with E-state index in [1.807, 2.05) is 0 Å². The van der Waals surface area contributed by atoms with Crippen LogP contribution >= 0.6 is 0 Å². The summed E-state index contributed by atoms with van der Waals surface area (Å²) in [5, 5.41) is 0. The summed E-state index contributed by atoms with van der Waals surface area (Å²) in [6, 6.07) is 4.30. The van der Waals surface area contributed by atoms with Gasteiger partial charge in [0.25, 0.3) is 0 Å². The predicted molar refractivity (Wildman–Crippen MR) is 75.7 cm³/mol. The number of carbonyl (C=O) groups excluding carboxylic acids is 1. The van der Waals surface area contributed by atoms with Crippen LogP contribution in [0.2, 0.25) is 0 Å². The van der Waals surface area contributed by atoms with E-state index < -0.39 is 21.7 Å². The fourth-order valence-corrected chi connectivity index (χ4v) is 3.04. The van der Waals surface area contributed by atoms with E-state index in [-0.39, 0.29) is 10.6 Å². The lowest BCUT2D eigenvalue weighted by atomic mass is 10.2. The van der Waals surface area contributed by atoms with Gasteiger partial charge in [-0.1, -0.05) is 6.07 Å². The summed E-state index contributed by atoms with van der Waals surface area (Å²) in [6.45, 7) is 1.63. The van der Waals surface area contributed by atoms with Crippen molar-refractivity contribution in [2.75, 3.05) is 44.4 Å². The minimum absolute atomic E-state index is 0.238. The molecule has 0 N–H and O–H groups in total. The van der Waals surface area contributed by atoms with Gasteiger partial charge in [-0.3, -0.25) is 0 Å². The predicted octanol–water partition coefficient (Wildman–Crippen LogP) is 1.12. The SMILES string of the molecule is COC(=O)N1CCN(c2cccc(S(C)(=O)=O)c2F)CC1. The first kappa shape index (κ1) is 15.6. The van der Waals surface area contributed by atoms with Crippen LogP contribution in [-0.4, -0.2) is 59.0 Å². The van der Waals surface area contributed by atoms with Crippen molar-refractivity contribution in [2.24, 2.45) is 0 Å². The summed E-state index contributed by atoms with van der Waals surface area (Å²) in [6.07, 6.45) is 0.560. The number of rotatable bonds is 2. The van der Waals surface area contributed by atoms with Crippen LogP contribution in [0.3, 0.4) is 0 Å². The maximum absolute atomic E-state index is 14.3. The van der Waals surface area contributed by atoms with E-state index in [9.17, 15) is 17.6 Å². The summed E-state index contributed by atoms with van der Waals surface area (Å²) in [5.41, 5.74) is 0.238. The fourth-order valence-electron chi connectivity index (χ4n) is 2.29. The van der Waals surface area contributed by atoms with Gasteiger partial charge in [-0.15, -0.1) is 0 Å². The summed E-state index contributed by atoms with van der Waals surface area (Å²) in [7, 11) is -2.30. The lowest BCUT2D eigenvalue weighted by molar-refractivity contribution is 0.121. The molecule has 0 saturated carbocycles. The molecule has 1 aliphatic heterocycles. The number of piperazine rings is 1. The zero-order valence-electron chi connectivity index (χ0n) is 11.9. The molecule has 8 heteroatoms. The van der Waals surface area contributed by atoms with Crippen molar-refractivity contribution in [3.8, 4) is 0 Å². The van der Waals surface area contributed by atoms with Crippen LogP contribution in [-0.2, 0) is 14.6 Å². The van der Waals surface area contributed by atoms with Gasteiger partial charge < -0.3 is 14.5 Å². The normalized spacial score (nSPS) is 16.0. The smallest absolute Gasteiger partial charge is 0.409 e. The Kier molecular flexibility index (Phi) is 4.36. The van der Waals surface area contributed by atoms with E-state index in [0.717, 1.165) is 6.26 Å². The highest BCUT2D eigenvalue weighted by molar-refractivity contribution is 7.90. The average molecular weight is 316 g/mol. The van der Waals surface area contributed by atoms with E-state index in [1.54, 1.807) is 4.90 Å². The minimum atomic E-state index is -3.61. The van der Waals surface area contributed by atoms with Crippen molar-refractivity contribution in [2.45, 2.75) is 4.90 Å². The molecule has 1 fully saturated rings. The number of ether oxygens (including phenoxy) is 1. The molecular formula is C13H17FN2O4S. The summed E-state index contributed by atoms with van der Waals surface area (Å²) < 4.78 is 42.1. The van der Waals surface area contributed by atoms with Gasteiger partial charge in [0.1, 0.15) is 4.90 Å². The zero-order chi connectivity index (χ0) is 15.6. The second-order valence-corrected chi connectivity index (χ2v) is 6.79. The molecule has 116 valence electrons. The largest absolute Gasteiger partial charge is 0.453 e. The summed E-state index contributed by atoms with van der Waals surface area (Å²) in [4.78, 5) is 14.3. The Morgan fingerprint density at radius 3 is 2.38 bits per heavy atom. The van der Waals surface area contributed by atoms with Crippen molar-refractivity contribution in [1.82, 2.24) is 4.90 Å². The molecule has 0 bridgehead atoms. The van der Waals surface area contributed by atoms with Crippen molar-refractivity contribution >= 4 is 21.6 Å². The topological polar surface area (TPSA) is 66.9 Å². The highest BCUT2D eigenvalue weighted by atomic mass is 32.2. The Balaban J connectivity index is 2.20. The number of hydrogen-bond acceptors (Lipinski definition) is 5. The maximum atomic E-state index is 14.3. The number of carbonyl (C=O) groups is 1. The third-order valence-electron chi connectivity index (χ3n) is 3.40. The lowest BCUT2D eigenvalue weighted by Crippen LogP contribution is -2.49. The molecule has 6 nitrogen and oxygen atoms in total. The van der Waals surface area contributed by atoms with Crippen LogP contribution in [0.25, 0.3) is 0 Å². The van der Waals surface area contributed by atoms with E-state index in [0.29, 0.717) is 26.2 Å². The highest BCUT2D eigenvalue weighted by Crippen LogP contribution is 2.26. The molecule has 1 aliphatic rings. The van der Waals surface area contributed by atoms with Gasteiger partial charge in [0.15, 0.2) is 15.7 Å². The fraction of sp³-hybridized carbons (Fsp3) is 0.462. The van der Waals surface area contributed by atoms with Gasteiger partial charge in [0.05, 0.1) is 12.8 Å². The first-order valence-electron chi connectivity index (χ1n) is 6.41. The Morgan fingerprint density at radius 2 is 1.86 bits per heavy atom. The molecule has 1 aromatic rings. The monoisotopic (exact) mass is 316 g/mol. The van der Waals surface area contributed by atoms with Crippen LogP contribution in [0.4, 0.5) is 14.9 Å². The Hall–Kier alpha value is -1.83. The van der Waals surface area contributed by atoms with Gasteiger partial charge in [0, 0.05) is 32.4 Å². The quantitative estimate of drug-likeness (QED) is 0.818. The van der Waals surface area contributed by atoms with Crippen molar-refractivity contribution in [1.29, 1.82) is 0 Å². The van der Waals surface area contributed by atoms with E-state index in [4.69, 9.17) is 0 Å². The van der Waals surface area contributed by atoms with Crippen LogP contribution in [0.5, 0.6) is 0 Å². The molecule has 2 rings (SSSR count). The molecule has 21 heavy (non-hydrogen) atoms. The summed E-state index contributed by atoms with van der Waals surface area (Å²) >= 11 is 0. The van der Waals surface area contributed by atoms with Gasteiger partial charge in [-0.25, -0.2) is 17.6 Å². The zero-order valence-corrected chi connectivity index (χ0v) is 12.7. The van der Waals surface area contributed by atoms with Crippen LogP contribution in [0, 0.1) is 5.82 Å². The van der Waals surface area contributed by atoms with Crippen molar-refractivity contribution in [3.63, 3.8) is 0 Å². The number of benzene rings is 1. The van der Waals surface area contributed by atoms with Crippen LogP contribution in [0.15, 0.2) is 23.1 Å². The van der Waals surface area contributed by atoms with Gasteiger partial charge in [0.2, 0.25) is 0 Å². The van der Waals surface area contributed by atoms with Crippen molar-refractivity contribution < 1.29 is 22.3 Å². The molecule has 0 unspecified atom stereocenters. The number of halogens is 1. The third-order valence-corrected chi connectivity index (χ3v) is 4.51. The minimum Gasteiger partial charge on any atom is -0.453 e. The Bertz CT molecular complexity index is 640. The second-order valence-electron chi connectivity index (χ2n) is 4.81. The summed E-state index contributed by atoms with van der Waals surface area (Å²) in [5.74, 6) is -0.744. The van der Waals surface area contributed by atoms with E-state index in [1.165, 1.54) is 30.2 Å². The molecule has 0 atom stereocenters. The molecule has 1 aromatic carbocycles. The Labute approximate surface area is 123 Å². The molecule has 1 heterocycles. The second kappa shape index (κ2) is 5.88. The molecule has 1 amide bonds. The first-order valence-corrected chi connectivity index (χ1v) is 8.30. The number of hydrogen-bond donors (Lipinski definition) is 0. The number of anilines is 1. The van der Waals surface area contributed by atoms with Gasteiger partial charge in [-0.05, 0) is 12.1 Å². The number of amides is 1. The lowest BCUT2D eigenvalue weighted by Gasteiger charge is -2.35. The highest BCUT2D eigenvalue weighted by Gasteiger charge is 2.25. The average Bonchev–Trinajstić information content (AvgIpc) is 2.45. The molecule has 0 radical (unpaired) electrons. The van der Waals surface area contributed by atoms with E-state index >= 15 is 0 Å². The molecule has 0 aliphatic carbocycles. The van der Waals surface area contributed by atoms with Gasteiger partial charge >= 0.3 is 6.09 Å². The number of sulfone groups is 1. The maximum Gasteiger partial charge on any atom is 0.409 e. The van der Waals surface area contributed by atoms with E-state index in [2.05, 4.69) is 4.74 Å². The number of nitrogens with zero attached hydrogens (tertiary/aromatic N) is 2. The van der Waals surface area contributed by atoms with Gasteiger partial charge in [-0.2, -0.15) is 0 Å². The van der Waals surface area contributed by atoms with Crippen molar-refractivity contribution in [3.05, 3.63) is 24.0 Å². The first-order chi connectivity index (χ1) is 9.84. The standard InChI is InChI=1S/C13H17FN2O4S/c1-20-13(17)16-8-6-15(7-9-16)10-4-3-5-11(12(10)14)21(2,18)19/h3-5H,6-9H2,1-2H3. The van der Waals surface area contributed by atoms with Crippen LogP contribution in [0.1, 0.15) is 0 Å². The third kappa shape index (κ3) is 3.26. The molecule has 0 aromatic heterocycles. The molecule has 1 saturated heterocycles. The molecule has 0 spiro atoms.